The molecule has 0 bridgehead atoms. The van der Waals surface area contributed by atoms with Crippen molar-refractivity contribution in [2.75, 3.05) is 5.75 Å². The molecule has 1 heterocycles. The monoisotopic (exact) mass is 255 g/mol. The maximum Gasteiger partial charge on any atom is 0.184 e. The first kappa shape index (κ1) is 11.3. The van der Waals surface area contributed by atoms with Gasteiger partial charge in [-0.2, -0.15) is 5.10 Å². The number of nitrogens with zero attached hydrogens (tertiary/aromatic N) is 1. The van der Waals surface area contributed by atoms with Gasteiger partial charge in [0, 0.05) is 17.7 Å². The van der Waals surface area contributed by atoms with Crippen LogP contribution in [0.1, 0.15) is 12.0 Å². The summed E-state index contributed by atoms with van der Waals surface area (Å²) in [5.74, 6) is 0.608. The Kier molecular flexibility index (Phi) is 3.40. The molecular weight excluding hydrogens is 245 g/mol. The molecule has 2 rings (SSSR count). The predicted molar refractivity (Wildman–Crippen MR) is 68.2 cm³/mol. The third kappa shape index (κ3) is 2.33. The van der Waals surface area contributed by atoms with E-state index >= 15 is 0 Å². The predicted octanol–water partition coefficient (Wildman–Crippen LogP) is 1.86. The summed E-state index contributed by atoms with van der Waals surface area (Å²) in [6.45, 7) is 0. The highest BCUT2D eigenvalue weighted by Crippen LogP contribution is 2.32. The topological polar surface area (TPSA) is 50.4 Å². The van der Waals surface area contributed by atoms with E-state index < -0.39 is 0 Å². The van der Waals surface area contributed by atoms with E-state index in [4.69, 9.17) is 5.73 Å². The van der Waals surface area contributed by atoms with Crippen molar-refractivity contribution in [3.8, 4) is 0 Å². The van der Waals surface area contributed by atoms with Crippen molar-refractivity contribution in [1.29, 1.82) is 0 Å². The van der Waals surface area contributed by atoms with E-state index in [0.29, 0.717) is 4.90 Å². The van der Waals surface area contributed by atoms with E-state index in [-0.39, 0.29) is 10.9 Å². The van der Waals surface area contributed by atoms with Gasteiger partial charge < -0.3 is 5.73 Å². The highest BCUT2D eigenvalue weighted by Gasteiger charge is 2.19. The van der Waals surface area contributed by atoms with Crippen molar-refractivity contribution in [2.45, 2.75) is 11.3 Å². The standard InChI is InChI=1S/C10H10FN3S2/c11-7-3-1-2-6-8(13-14-10(12)15)4-5-16-9(6)7/h1-3H,4-5H2,(H3,12,14,15). The van der Waals surface area contributed by atoms with Gasteiger partial charge in [0.2, 0.25) is 0 Å². The number of nitrogens with two attached hydrogens (primary N) is 1. The van der Waals surface area contributed by atoms with Crippen molar-refractivity contribution in [1.82, 2.24) is 5.43 Å². The van der Waals surface area contributed by atoms with Crippen molar-refractivity contribution in [3.05, 3.63) is 29.6 Å². The van der Waals surface area contributed by atoms with Crippen LogP contribution in [0.2, 0.25) is 0 Å². The number of hydrogen-bond donors (Lipinski definition) is 2. The van der Waals surface area contributed by atoms with E-state index in [9.17, 15) is 4.39 Å². The summed E-state index contributed by atoms with van der Waals surface area (Å²) in [6.07, 6.45) is 0.775. The lowest BCUT2D eigenvalue weighted by Gasteiger charge is -2.17. The molecule has 0 aliphatic carbocycles. The molecule has 0 saturated carbocycles. The minimum absolute atomic E-state index is 0.115. The van der Waals surface area contributed by atoms with Crippen molar-refractivity contribution in [3.63, 3.8) is 0 Å². The number of benzene rings is 1. The quantitative estimate of drug-likeness (QED) is 0.594. The van der Waals surface area contributed by atoms with E-state index in [2.05, 4.69) is 22.7 Å². The lowest BCUT2D eigenvalue weighted by molar-refractivity contribution is 0.600. The Hall–Kier alpha value is -1.14. The molecule has 0 aromatic heterocycles. The molecule has 0 radical (unpaired) electrons. The number of hydrogen-bond acceptors (Lipinski definition) is 3. The first-order valence-electron chi connectivity index (χ1n) is 4.72. The molecule has 0 fully saturated rings. The number of hydrazone groups is 1. The Labute approximate surface area is 102 Å². The molecular formula is C10H10FN3S2. The fraction of sp³-hybridized carbons (Fsp3) is 0.200. The number of nitrogens with one attached hydrogen (secondary N) is 1. The summed E-state index contributed by atoms with van der Waals surface area (Å²) in [4.78, 5) is 0.650. The highest BCUT2D eigenvalue weighted by atomic mass is 32.2. The average molecular weight is 255 g/mol. The summed E-state index contributed by atoms with van der Waals surface area (Å²) in [5, 5.41) is 4.20. The van der Waals surface area contributed by atoms with E-state index in [1.54, 1.807) is 6.07 Å². The maximum atomic E-state index is 13.5. The largest absolute Gasteiger partial charge is 0.375 e. The molecule has 0 saturated heterocycles. The molecule has 1 aromatic carbocycles. The Balaban J connectivity index is 2.37. The van der Waals surface area contributed by atoms with Gasteiger partial charge in [0.15, 0.2) is 5.11 Å². The minimum atomic E-state index is -0.203. The Morgan fingerprint density at radius 1 is 1.56 bits per heavy atom. The molecule has 0 spiro atoms. The smallest absolute Gasteiger partial charge is 0.184 e. The molecule has 16 heavy (non-hydrogen) atoms. The van der Waals surface area contributed by atoms with E-state index in [1.807, 2.05) is 6.07 Å². The van der Waals surface area contributed by atoms with Crippen molar-refractivity contribution < 1.29 is 4.39 Å². The molecule has 0 atom stereocenters. The van der Waals surface area contributed by atoms with Crippen molar-refractivity contribution in [2.24, 2.45) is 10.8 Å². The van der Waals surface area contributed by atoms with Crippen molar-refractivity contribution >= 4 is 34.8 Å². The Morgan fingerprint density at radius 2 is 2.38 bits per heavy atom. The van der Waals surface area contributed by atoms with Crippen LogP contribution < -0.4 is 11.2 Å². The molecule has 84 valence electrons. The second-order valence-electron chi connectivity index (χ2n) is 3.25. The summed E-state index contributed by atoms with van der Waals surface area (Å²) < 4.78 is 13.5. The van der Waals surface area contributed by atoms with Gasteiger partial charge in [-0.25, -0.2) is 4.39 Å². The van der Waals surface area contributed by atoms with Crippen LogP contribution in [0.15, 0.2) is 28.2 Å². The summed E-state index contributed by atoms with van der Waals surface area (Å²) in [6, 6.07) is 4.98. The highest BCUT2D eigenvalue weighted by molar-refractivity contribution is 7.99. The summed E-state index contributed by atoms with van der Waals surface area (Å²) >= 11 is 6.17. The third-order valence-corrected chi connectivity index (χ3v) is 3.37. The Morgan fingerprint density at radius 3 is 3.12 bits per heavy atom. The van der Waals surface area contributed by atoms with Crippen LogP contribution in [0, 0.1) is 5.82 Å². The molecule has 1 aliphatic heterocycles. The summed E-state index contributed by atoms with van der Waals surface area (Å²) in [7, 11) is 0. The lowest BCUT2D eigenvalue weighted by atomic mass is 10.1. The van der Waals surface area contributed by atoms with Gasteiger partial charge in [-0.1, -0.05) is 12.1 Å². The first-order valence-corrected chi connectivity index (χ1v) is 6.11. The van der Waals surface area contributed by atoms with Crippen LogP contribution in [-0.2, 0) is 0 Å². The van der Waals surface area contributed by atoms with Gasteiger partial charge in [0.05, 0.1) is 10.6 Å². The van der Waals surface area contributed by atoms with E-state index in [0.717, 1.165) is 23.4 Å². The Bertz CT molecular complexity index is 459. The zero-order valence-corrected chi connectivity index (χ0v) is 10.00. The molecule has 3 nitrogen and oxygen atoms in total. The number of halogens is 1. The van der Waals surface area contributed by atoms with Crippen LogP contribution in [0.25, 0.3) is 0 Å². The molecule has 0 amide bonds. The van der Waals surface area contributed by atoms with Gasteiger partial charge in [-0.05, 0) is 18.3 Å². The molecule has 6 heteroatoms. The van der Waals surface area contributed by atoms with E-state index in [1.165, 1.54) is 17.8 Å². The second-order valence-corrected chi connectivity index (χ2v) is 4.79. The van der Waals surface area contributed by atoms with Crippen LogP contribution >= 0.6 is 24.0 Å². The summed E-state index contributed by atoms with van der Waals surface area (Å²) in [5.41, 5.74) is 9.45. The van der Waals surface area contributed by atoms with Gasteiger partial charge in [-0.15, -0.1) is 11.8 Å². The maximum absolute atomic E-state index is 13.5. The van der Waals surface area contributed by atoms with Crippen LogP contribution in [0.3, 0.4) is 0 Å². The fourth-order valence-corrected chi connectivity index (χ4v) is 2.60. The van der Waals surface area contributed by atoms with Crippen LogP contribution in [0.5, 0.6) is 0 Å². The first-order chi connectivity index (χ1) is 7.68. The van der Waals surface area contributed by atoms with Gasteiger partial charge >= 0.3 is 0 Å². The van der Waals surface area contributed by atoms with Gasteiger partial charge in [-0.3, -0.25) is 5.43 Å². The zero-order valence-electron chi connectivity index (χ0n) is 8.37. The number of thiocarbonyl (C=S) groups is 1. The third-order valence-electron chi connectivity index (χ3n) is 2.16. The SMILES string of the molecule is NC(=S)NN=C1CCSc2c(F)cccc21. The van der Waals surface area contributed by atoms with Crippen LogP contribution in [-0.4, -0.2) is 16.6 Å². The molecule has 3 N–H and O–H groups in total. The number of thioether (sulfide) groups is 1. The van der Waals surface area contributed by atoms with Gasteiger partial charge in [0.25, 0.3) is 0 Å². The second kappa shape index (κ2) is 4.80. The fourth-order valence-electron chi connectivity index (χ4n) is 1.51. The number of fused-ring (bicyclic) bond motifs is 1. The average Bonchev–Trinajstić information content (AvgIpc) is 2.27. The van der Waals surface area contributed by atoms with Crippen LogP contribution in [0.4, 0.5) is 4.39 Å². The minimum Gasteiger partial charge on any atom is -0.375 e. The zero-order chi connectivity index (χ0) is 11.5. The molecule has 1 aliphatic rings. The normalized spacial score (nSPS) is 16.9. The lowest BCUT2D eigenvalue weighted by Crippen LogP contribution is -2.26. The number of rotatable bonds is 1. The molecule has 0 unspecified atom stereocenters. The van der Waals surface area contributed by atoms with Gasteiger partial charge in [0.1, 0.15) is 5.82 Å². The molecule has 1 aromatic rings.